The first-order valence-electron chi connectivity index (χ1n) is 9.79. The van der Waals surface area contributed by atoms with Crippen molar-refractivity contribution < 1.29 is 9.53 Å². The van der Waals surface area contributed by atoms with E-state index in [1.54, 1.807) is 6.20 Å². The van der Waals surface area contributed by atoms with Gasteiger partial charge in [-0.25, -0.2) is 4.98 Å². The number of benzene rings is 1. The first kappa shape index (κ1) is 18.4. The average molecular weight is 375 g/mol. The standard InChI is InChI=1S/C23H25N3O2/c1-15-19-5-3-4-6-21(19)26-16(2)20(15)11-22(27)24-12-18-9-10-23(25-13-18)28-14-17-7-8-17/h3-6,9-10,13,17H,7-8,11-12,14H2,1-2H3,(H,24,27). The van der Waals surface area contributed by atoms with Crippen LogP contribution < -0.4 is 10.1 Å². The zero-order valence-electron chi connectivity index (χ0n) is 16.4. The molecule has 1 aliphatic rings. The van der Waals surface area contributed by atoms with E-state index in [2.05, 4.69) is 28.3 Å². The lowest BCUT2D eigenvalue weighted by atomic mass is 9.99. The smallest absolute Gasteiger partial charge is 0.224 e. The summed E-state index contributed by atoms with van der Waals surface area (Å²) in [7, 11) is 0. The van der Waals surface area contributed by atoms with Gasteiger partial charge in [0.15, 0.2) is 0 Å². The summed E-state index contributed by atoms with van der Waals surface area (Å²) in [5, 5.41) is 4.08. The molecule has 144 valence electrons. The maximum Gasteiger partial charge on any atom is 0.224 e. The Bertz CT molecular complexity index is 995. The lowest BCUT2D eigenvalue weighted by Gasteiger charge is -2.13. The zero-order valence-corrected chi connectivity index (χ0v) is 16.4. The Kier molecular flexibility index (Phi) is 5.24. The van der Waals surface area contributed by atoms with Crippen LogP contribution in [0.3, 0.4) is 0 Å². The van der Waals surface area contributed by atoms with Gasteiger partial charge in [0, 0.05) is 29.9 Å². The summed E-state index contributed by atoms with van der Waals surface area (Å²) in [4.78, 5) is 21.5. The summed E-state index contributed by atoms with van der Waals surface area (Å²) in [6.07, 6.45) is 4.60. The molecule has 0 unspecified atom stereocenters. The Morgan fingerprint density at radius 1 is 1.18 bits per heavy atom. The number of hydrogen-bond acceptors (Lipinski definition) is 4. The topological polar surface area (TPSA) is 64.1 Å². The maximum atomic E-state index is 12.5. The number of aromatic nitrogens is 2. The van der Waals surface area contributed by atoms with Crippen molar-refractivity contribution in [2.24, 2.45) is 5.92 Å². The van der Waals surface area contributed by atoms with E-state index in [0.29, 0.717) is 24.8 Å². The monoisotopic (exact) mass is 375 g/mol. The van der Waals surface area contributed by atoms with Gasteiger partial charge in [0.05, 0.1) is 18.5 Å². The van der Waals surface area contributed by atoms with Crippen LogP contribution in [0.15, 0.2) is 42.6 Å². The minimum absolute atomic E-state index is 0.0164. The summed E-state index contributed by atoms with van der Waals surface area (Å²) >= 11 is 0. The molecule has 2 aromatic heterocycles. The van der Waals surface area contributed by atoms with E-state index >= 15 is 0 Å². The molecule has 5 heteroatoms. The third-order valence-corrected chi connectivity index (χ3v) is 5.27. The minimum Gasteiger partial charge on any atom is -0.477 e. The van der Waals surface area contributed by atoms with Crippen molar-refractivity contribution in [2.45, 2.75) is 39.7 Å². The highest BCUT2D eigenvalue weighted by molar-refractivity contribution is 5.86. The fourth-order valence-electron chi connectivity index (χ4n) is 3.34. The molecule has 28 heavy (non-hydrogen) atoms. The van der Waals surface area contributed by atoms with E-state index in [4.69, 9.17) is 4.74 Å². The fourth-order valence-corrected chi connectivity index (χ4v) is 3.34. The molecule has 1 N–H and O–H groups in total. The number of carbonyl (C=O) groups is 1. The van der Waals surface area contributed by atoms with Crippen molar-refractivity contribution in [2.75, 3.05) is 6.61 Å². The molecule has 1 fully saturated rings. The summed E-state index contributed by atoms with van der Waals surface area (Å²) in [6, 6.07) is 11.9. The van der Waals surface area contributed by atoms with Crippen LogP contribution >= 0.6 is 0 Å². The molecule has 0 spiro atoms. The van der Waals surface area contributed by atoms with E-state index in [0.717, 1.165) is 39.9 Å². The molecule has 1 amide bonds. The molecule has 1 saturated carbocycles. The first-order chi connectivity index (χ1) is 13.6. The predicted molar refractivity (Wildman–Crippen MR) is 109 cm³/mol. The number of hydrogen-bond donors (Lipinski definition) is 1. The molecule has 3 aromatic rings. The molecule has 5 nitrogen and oxygen atoms in total. The summed E-state index contributed by atoms with van der Waals surface area (Å²) in [5.41, 5.74) is 4.95. The second-order valence-electron chi connectivity index (χ2n) is 7.53. The highest BCUT2D eigenvalue weighted by atomic mass is 16.5. The lowest BCUT2D eigenvalue weighted by molar-refractivity contribution is -0.120. The number of carbonyl (C=O) groups excluding carboxylic acids is 1. The maximum absolute atomic E-state index is 12.5. The van der Waals surface area contributed by atoms with Crippen molar-refractivity contribution in [3.63, 3.8) is 0 Å². The highest BCUT2D eigenvalue weighted by Gasteiger charge is 2.22. The molecular formula is C23H25N3O2. The van der Waals surface area contributed by atoms with Crippen molar-refractivity contribution in [3.05, 3.63) is 65.0 Å². The Morgan fingerprint density at radius 2 is 2.00 bits per heavy atom. The van der Waals surface area contributed by atoms with E-state index < -0.39 is 0 Å². The second kappa shape index (κ2) is 7.97. The van der Waals surface area contributed by atoms with Gasteiger partial charge in [0.2, 0.25) is 11.8 Å². The van der Waals surface area contributed by atoms with Gasteiger partial charge in [-0.3, -0.25) is 9.78 Å². The number of aryl methyl sites for hydroxylation is 2. The van der Waals surface area contributed by atoms with Crippen molar-refractivity contribution >= 4 is 16.8 Å². The van der Waals surface area contributed by atoms with Gasteiger partial charge in [-0.1, -0.05) is 24.3 Å². The predicted octanol–water partition coefficient (Wildman–Crippen LogP) is 3.89. The third kappa shape index (κ3) is 4.30. The Morgan fingerprint density at radius 3 is 2.75 bits per heavy atom. The number of para-hydroxylation sites is 1. The van der Waals surface area contributed by atoms with Gasteiger partial charge in [-0.2, -0.15) is 0 Å². The lowest BCUT2D eigenvalue weighted by Crippen LogP contribution is -2.25. The Hall–Kier alpha value is -2.95. The molecule has 0 saturated heterocycles. The molecule has 4 rings (SSSR count). The fraction of sp³-hybridized carbons (Fsp3) is 0.348. The van der Waals surface area contributed by atoms with Gasteiger partial charge in [0.1, 0.15) is 0 Å². The molecule has 2 heterocycles. The number of amides is 1. The molecular weight excluding hydrogens is 350 g/mol. The van der Waals surface area contributed by atoms with Gasteiger partial charge in [0.25, 0.3) is 0 Å². The number of nitrogens with zero attached hydrogens (tertiary/aromatic N) is 2. The summed E-state index contributed by atoms with van der Waals surface area (Å²) < 4.78 is 5.65. The zero-order chi connectivity index (χ0) is 19.5. The number of ether oxygens (including phenoxy) is 1. The molecule has 0 radical (unpaired) electrons. The number of nitrogens with one attached hydrogen (secondary N) is 1. The van der Waals surface area contributed by atoms with Crippen LogP contribution in [0, 0.1) is 19.8 Å². The largest absolute Gasteiger partial charge is 0.477 e. The highest BCUT2D eigenvalue weighted by Crippen LogP contribution is 2.29. The third-order valence-electron chi connectivity index (χ3n) is 5.27. The number of fused-ring (bicyclic) bond motifs is 1. The van der Waals surface area contributed by atoms with Crippen LogP contribution in [0.5, 0.6) is 5.88 Å². The molecule has 1 aromatic carbocycles. The molecule has 0 bridgehead atoms. The molecule has 0 atom stereocenters. The second-order valence-corrected chi connectivity index (χ2v) is 7.53. The van der Waals surface area contributed by atoms with Crippen LogP contribution in [0.25, 0.3) is 10.9 Å². The van der Waals surface area contributed by atoms with Crippen molar-refractivity contribution in [1.29, 1.82) is 0 Å². The normalized spacial score (nSPS) is 13.5. The summed E-state index contributed by atoms with van der Waals surface area (Å²) in [5.74, 6) is 1.34. The minimum atomic E-state index is -0.0164. The molecule has 1 aliphatic carbocycles. The van der Waals surface area contributed by atoms with Gasteiger partial charge < -0.3 is 10.1 Å². The van der Waals surface area contributed by atoms with Gasteiger partial charge in [-0.05, 0) is 55.4 Å². The quantitative estimate of drug-likeness (QED) is 0.680. The Labute approximate surface area is 165 Å². The van der Waals surface area contributed by atoms with Crippen LogP contribution in [-0.2, 0) is 17.8 Å². The number of rotatable bonds is 7. The van der Waals surface area contributed by atoms with E-state index in [9.17, 15) is 4.79 Å². The number of pyridine rings is 2. The van der Waals surface area contributed by atoms with Gasteiger partial charge in [-0.15, -0.1) is 0 Å². The van der Waals surface area contributed by atoms with E-state index in [-0.39, 0.29) is 5.91 Å². The van der Waals surface area contributed by atoms with E-state index in [1.165, 1.54) is 12.8 Å². The SMILES string of the molecule is Cc1nc2ccccc2c(C)c1CC(=O)NCc1ccc(OCC2CC2)nc1. The van der Waals surface area contributed by atoms with Crippen LogP contribution in [0.1, 0.15) is 35.2 Å². The average Bonchev–Trinajstić information content (AvgIpc) is 3.53. The molecule has 0 aliphatic heterocycles. The van der Waals surface area contributed by atoms with Gasteiger partial charge >= 0.3 is 0 Å². The van der Waals surface area contributed by atoms with Crippen LogP contribution in [0.2, 0.25) is 0 Å². The summed E-state index contributed by atoms with van der Waals surface area (Å²) in [6.45, 7) is 5.23. The van der Waals surface area contributed by atoms with E-state index in [1.807, 2.05) is 37.3 Å². The van der Waals surface area contributed by atoms with Crippen molar-refractivity contribution in [1.82, 2.24) is 15.3 Å². The first-order valence-corrected chi connectivity index (χ1v) is 9.79. The van der Waals surface area contributed by atoms with Crippen LogP contribution in [-0.4, -0.2) is 22.5 Å². The Balaban J connectivity index is 1.36. The van der Waals surface area contributed by atoms with Crippen molar-refractivity contribution in [3.8, 4) is 5.88 Å². The van der Waals surface area contributed by atoms with Crippen LogP contribution in [0.4, 0.5) is 0 Å².